The van der Waals surface area contributed by atoms with Gasteiger partial charge in [-0.05, 0) is 38.8 Å². The van der Waals surface area contributed by atoms with Crippen LogP contribution in [0.15, 0.2) is 60.7 Å². The fourth-order valence-corrected chi connectivity index (χ4v) is 3.02. The molecule has 0 aliphatic heterocycles. The van der Waals surface area contributed by atoms with E-state index in [1.807, 2.05) is 88.4 Å². The van der Waals surface area contributed by atoms with Crippen LogP contribution in [0.25, 0.3) is 0 Å². The molecule has 0 unspecified atom stereocenters. The summed E-state index contributed by atoms with van der Waals surface area (Å²) in [5, 5.41) is -0.526. The average molecular weight is 390 g/mol. The van der Waals surface area contributed by atoms with Crippen LogP contribution in [-0.4, -0.2) is 29.4 Å². The van der Waals surface area contributed by atoms with Crippen LogP contribution in [0.4, 0.5) is 4.79 Å². The third-order valence-electron chi connectivity index (χ3n) is 3.84. The minimum Gasteiger partial charge on any atom is -0.444 e. The summed E-state index contributed by atoms with van der Waals surface area (Å²) in [6.45, 7) is 8.19. The predicted octanol–water partition coefficient (Wildman–Crippen LogP) is 5.77. The Bertz CT molecular complexity index is 701. The van der Waals surface area contributed by atoms with Crippen molar-refractivity contribution < 1.29 is 14.3 Å². The van der Waals surface area contributed by atoms with E-state index in [0.717, 1.165) is 11.1 Å². The smallest absolute Gasteiger partial charge is 0.412 e. The number of benzene rings is 2. The van der Waals surface area contributed by atoms with Gasteiger partial charge in [0.1, 0.15) is 11.0 Å². The summed E-state index contributed by atoms with van der Waals surface area (Å²) in [4.78, 5) is 14.5. The third kappa shape index (κ3) is 6.56. The average Bonchev–Trinajstić information content (AvgIpc) is 2.64. The monoisotopic (exact) mass is 389 g/mol. The normalized spacial score (nSPS) is 13.7. The Balaban J connectivity index is 2.35. The van der Waals surface area contributed by atoms with Gasteiger partial charge < -0.3 is 9.47 Å². The van der Waals surface area contributed by atoms with Crippen molar-refractivity contribution >= 4 is 17.7 Å². The number of hydrogen-bond donors (Lipinski definition) is 0. The van der Waals surface area contributed by atoms with Crippen LogP contribution >= 0.6 is 11.6 Å². The van der Waals surface area contributed by atoms with Crippen molar-refractivity contribution in [1.29, 1.82) is 0 Å². The van der Waals surface area contributed by atoms with Gasteiger partial charge in [0, 0.05) is 6.61 Å². The maximum Gasteiger partial charge on any atom is 0.412 e. The molecule has 1 amide bonds. The van der Waals surface area contributed by atoms with Gasteiger partial charge in [0.25, 0.3) is 0 Å². The van der Waals surface area contributed by atoms with Crippen molar-refractivity contribution in [2.24, 2.45) is 0 Å². The number of amides is 1. The van der Waals surface area contributed by atoms with E-state index in [1.54, 1.807) is 4.90 Å². The number of alkyl halides is 1. The molecule has 0 aliphatic rings. The number of nitrogens with zero attached hydrogens (tertiary/aromatic N) is 1. The summed E-state index contributed by atoms with van der Waals surface area (Å²) in [5.74, 6) is 0. The molecule has 0 saturated heterocycles. The molecule has 27 heavy (non-hydrogen) atoms. The zero-order valence-electron chi connectivity index (χ0n) is 16.4. The van der Waals surface area contributed by atoms with Crippen molar-refractivity contribution in [3.8, 4) is 0 Å². The van der Waals surface area contributed by atoms with E-state index in [9.17, 15) is 4.79 Å². The first kappa shape index (κ1) is 21.3. The molecule has 2 aromatic carbocycles. The van der Waals surface area contributed by atoms with E-state index in [-0.39, 0.29) is 0 Å². The fraction of sp³-hybridized carbons (Fsp3) is 0.409. The summed E-state index contributed by atoms with van der Waals surface area (Å²) < 4.78 is 11.6. The molecular weight excluding hydrogens is 362 g/mol. The van der Waals surface area contributed by atoms with Crippen LogP contribution in [0.2, 0.25) is 0 Å². The first-order chi connectivity index (χ1) is 12.8. The second-order valence-electron chi connectivity index (χ2n) is 7.25. The molecule has 0 heterocycles. The SMILES string of the molecule is CCO[C@H]([C@H](Cl)c1ccccc1)N(Cc1ccccc1)C(=O)OC(C)(C)C. The van der Waals surface area contributed by atoms with Crippen LogP contribution in [-0.2, 0) is 16.0 Å². The highest BCUT2D eigenvalue weighted by atomic mass is 35.5. The number of halogens is 1. The topological polar surface area (TPSA) is 38.8 Å². The highest BCUT2D eigenvalue weighted by molar-refractivity contribution is 6.21. The maximum absolute atomic E-state index is 13.0. The Kier molecular flexibility index (Phi) is 7.69. The fourth-order valence-electron chi connectivity index (χ4n) is 2.66. The lowest BCUT2D eigenvalue weighted by molar-refractivity contribution is -0.0694. The molecule has 0 saturated carbocycles. The van der Waals surface area contributed by atoms with Gasteiger partial charge in [0.15, 0.2) is 6.23 Å². The molecule has 2 atom stereocenters. The number of carbonyl (C=O) groups excluding carboxylic acids is 1. The zero-order valence-corrected chi connectivity index (χ0v) is 17.1. The zero-order chi connectivity index (χ0) is 19.9. The lowest BCUT2D eigenvalue weighted by atomic mass is 10.1. The van der Waals surface area contributed by atoms with Crippen LogP contribution in [0.1, 0.15) is 44.2 Å². The molecule has 0 radical (unpaired) electrons. The highest BCUT2D eigenvalue weighted by Crippen LogP contribution is 2.30. The van der Waals surface area contributed by atoms with Gasteiger partial charge in [-0.1, -0.05) is 60.7 Å². The van der Waals surface area contributed by atoms with Gasteiger partial charge in [0.2, 0.25) is 0 Å². The lowest BCUT2D eigenvalue weighted by Crippen LogP contribution is -2.46. The number of hydrogen-bond acceptors (Lipinski definition) is 3. The predicted molar refractivity (Wildman–Crippen MR) is 109 cm³/mol. The van der Waals surface area contributed by atoms with E-state index in [2.05, 4.69) is 0 Å². The van der Waals surface area contributed by atoms with Gasteiger partial charge >= 0.3 is 6.09 Å². The van der Waals surface area contributed by atoms with E-state index < -0.39 is 23.3 Å². The van der Waals surface area contributed by atoms with Gasteiger partial charge in [-0.25, -0.2) is 4.79 Å². The summed E-state index contributed by atoms with van der Waals surface area (Å²) >= 11 is 6.75. The van der Waals surface area contributed by atoms with E-state index in [1.165, 1.54) is 0 Å². The standard InChI is InChI=1S/C22H28ClNO3/c1-5-26-20(19(23)18-14-10-7-11-15-18)24(21(25)27-22(2,3)4)16-17-12-8-6-9-13-17/h6-15,19-20H,5,16H2,1-4H3/t19-,20-/m1/s1. The van der Waals surface area contributed by atoms with Crippen molar-refractivity contribution in [3.63, 3.8) is 0 Å². The van der Waals surface area contributed by atoms with Gasteiger partial charge in [-0.3, -0.25) is 4.90 Å². The quantitative estimate of drug-likeness (QED) is 0.446. The molecule has 4 nitrogen and oxygen atoms in total. The summed E-state index contributed by atoms with van der Waals surface area (Å²) in [6.07, 6.45) is -1.11. The summed E-state index contributed by atoms with van der Waals surface area (Å²) in [7, 11) is 0. The minimum absolute atomic E-state index is 0.344. The lowest BCUT2D eigenvalue weighted by Gasteiger charge is -2.35. The molecule has 0 N–H and O–H groups in total. The van der Waals surface area contributed by atoms with Crippen molar-refractivity contribution in [2.75, 3.05) is 6.61 Å². The molecule has 2 aromatic rings. The maximum atomic E-state index is 13.0. The molecule has 0 aliphatic carbocycles. The molecule has 0 spiro atoms. The largest absolute Gasteiger partial charge is 0.444 e. The van der Waals surface area contributed by atoms with Gasteiger partial charge in [0.05, 0.1) is 6.54 Å². The van der Waals surface area contributed by atoms with Crippen LogP contribution in [0.5, 0.6) is 0 Å². The second kappa shape index (κ2) is 9.77. The van der Waals surface area contributed by atoms with Crippen molar-refractivity contribution in [3.05, 3.63) is 71.8 Å². The van der Waals surface area contributed by atoms with Crippen LogP contribution in [0, 0.1) is 0 Å². The second-order valence-corrected chi connectivity index (χ2v) is 7.72. The Morgan fingerprint density at radius 3 is 2.11 bits per heavy atom. The Morgan fingerprint density at radius 1 is 1.04 bits per heavy atom. The highest BCUT2D eigenvalue weighted by Gasteiger charge is 2.34. The molecule has 0 bridgehead atoms. The Hall–Kier alpha value is -2.04. The number of rotatable bonds is 7. The molecule has 146 valence electrons. The molecule has 5 heteroatoms. The molecule has 0 aromatic heterocycles. The molecular formula is C22H28ClNO3. The Morgan fingerprint density at radius 2 is 1.59 bits per heavy atom. The van der Waals surface area contributed by atoms with E-state index in [0.29, 0.717) is 13.2 Å². The third-order valence-corrected chi connectivity index (χ3v) is 4.30. The summed E-state index contributed by atoms with van der Waals surface area (Å²) in [6, 6.07) is 19.4. The molecule has 0 fully saturated rings. The summed E-state index contributed by atoms with van der Waals surface area (Å²) in [5.41, 5.74) is 1.25. The van der Waals surface area contributed by atoms with E-state index in [4.69, 9.17) is 21.1 Å². The van der Waals surface area contributed by atoms with Crippen molar-refractivity contribution in [1.82, 2.24) is 4.90 Å². The number of ether oxygens (including phenoxy) is 2. The minimum atomic E-state index is -0.658. The Labute approximate surface area is 167 Å². The number of carbonyl (C=O) groups is 1. The first-order valence-electron chi connectivity index (χ1n) is 9.16. The van der Waals surface area contributed by atoms with Crippen LogP contribution in [0.3, 0.4) is 0 Å². The van der Waals surface area contributed by atoms with Gasteiger partial charge in [-0.15, -0.1) is 11.6 Å². The van der Waals surface area contributed by atoms with Gasteiger partial charge in [-0.2, -0.15) is 0 Å². The molecule has 2 rings (SSSR count). The van der Waals surface area contributed by atoms with Crippen LogP contribution < -0.4 is 0 Å². The van der Waals surface area contributed by atoms with E-state index >= 15 is 0 Å². The van der Waals surface area contributed by atoms with Crippen molar-refractivity contribution in [2.45, 2.75) is 51.4 Å². The first-order valence-corrected chi connectivity index (χ1v) is 9.59.